The highest BCUT2D eigenvalue weighted by Gasteiger charge is 1.99. The zero-order valence-corrected chi connectivity index (χ0v) is 15.0. The van der Waals surface area contributed by atoms with Gasteiger partial charge in [0.15, 0.2) is 5.96 Å². The third-order valence-corrected chi connectivity index (χ3v) is 2.68. The molecule has 0 spiro atoms. The molecule has 0 aliphatic carbocycles. The van der Waals surface area contributed by atoms with Crippen LogP contribution in [0.25, 0.3) is 0 Å². The Balaban J connectivity index is 0.00000400. The van der Waals surface area contributed by atoms with Crippen LogP contribution in [0.1, 0.15) is 18.6 Å². The van der Waals surface area contributed by atoms with E-state index in [9.17, 15) is 0 Å². The topological polar surface area (TPSA) is 58.8 Å². The number of halogens is 1. The Morgan fingerprint density at radius 1 is 1.43 bits per heavy atom. The number of nitrogens with zero attached hydrogens (tertiary/aromatic N) is 1. The van der Waals surface area contributed by atoms with Gasteiger partial charge in [-0.15, -0.1) is 30.6 Å². The van der Waals surface area contributed by atoms with Crippen molar-refractivity contribution in [2.45, 2.75) is 19.3 Å². The Kier molecular flexibility index (Phi) is 13.3. The first-order valence-corrected chi connectivity index (χ1v) is 7.01. The molecule has 0 unspecified atom stereocenters. The normalized spacial score (nSPS) is 10.8. The molecular formula is C15H26IN3O2. The molecule has 0 aromatic carbocycles. The number of nitrogens with one attached hydrogen (secondary N) is 2. The molecule has 0 bridgehead atoms. The van der Waals surface area contributed by atoms with Crippen LogP contribution in [0.4, 0.5) is 0 Å². The molecule has 1 rings (SSSR count). The lowest BCUT2D eigenvalue weighted by Gasteiger charge is -2.10. The summed E-state index contributed by atoms with van der Waals surface area (Å²) in [6.45, 7) is 6.76. The van der Waals surface area contributed by atoms with Crippen molar-refractivity contribution in [2.75, 3.05) is 33.4 Å². The minimum Gasteiger partial charge on any atom is -0.469 e. The lowest BCUT2D eigenvalue weighted by atomic mass is 10.3. The highest BCUT2D eigenvalue weighted by Crippen LogP contribution is 1.99. The van der Waals surface area contributed by atoms with Crippen molar-refractivity contribution in [1.29, 1.82) is 0 Å². The zero-order chi connectivity index (χ0) is 14.5. The molecule has 0 aliphatic heterocycles. The Morgan fingerprint density at radius 3 is 2.95 bits per heavy atom. The van der Waals surface area contributed by atoms with Gasteiger partial charge in [-0.2, -0.15) is 0 Å². The van der Waals surface area contributed by atoms with Crippen molar-refractivity contribution < 1.29 is 9.15 Å². The fourth-order valence-corrected chi connectivity index (χ4v) is 1.65. The van der Waals surface area contributed by atoms with Crippen LogP contribution >= 0.6 is 24.0 Å². The van der Waals surface area contributed by atoms with Crippen molar-refractivity contribution in [3.8, 4) is 0 Å². The van der Waals surface area contributed by atoms with Crippen LogP contribution < -0.4 is 10.6 Å². The van der Waals surface area contributed by atoms with Crippen molar-refractivity contribution >= 4 is 29.9 Å². The fourth-order valence-electron chi connectivity index (χ4n) is 1.65. The summed E-state index contributed by atoms with van der Waals surface area (Å²) in [7, 11) is 1.72. The molecule has 0 saturated carbocycles. The number of methoxy groups -OCH3 is 1. The van der Waals surface area contributed by atoms with Gasteiger partial charge in [-0.05, 0) is 25.0 Å². The third kappa shape index (κ3) is 10.4. The predicted octanol–water partition coefficient (Wildman–Crippen LogP) is 2.59. The van der Waals surface area contributed by atoms with E-state index in [0.29, 0.717) is 6.54 Å². The molecule has 0 atom stereocenters. The van der Waals surface area contributed by atoms with Crippen molar-refractivity contribution in [3.63, 3.8) is 0 Å². The predicted molar refractivity (Wildman–Crippen MR) is 97.4 cm³/mol. The Bertz CT molecular complexity index is 380. The monoisotopic (exact) mass is 407 g/mol. The summed E-state index contributed by atoms with van der Waals surface area (Å²) in [5, 5.41) is 6.48. The highest BCUT2D eigenvalue weighted by atomic mass is 127. The van der Waals surface area contributed by atoms with E-state index in [1.165, 1.54) is 0 Å². The maximum absolute atomic E-state index is 5.29. The number of ether oxygens (including phenoxy) is 1. The van der Waals surface area contributed by atoms with Gasteiger partial charge in [0, 0.05) is 39.8 Å². The molecule has 6 heteroatoms. The summed E-state index contributed by atoms with van der Waals surface area (Å²) in [6.07, 6.45) is 6.39. The first kappa shape index (κ1) is 20.0. The molecule has 120 valence electrons. The summed E-state index contributed by atoms with van der Waals surface area (Å²) in [5.74, 6) is 1.79. The van der Waals surface area contributed by atoms with E-state index >= 15 is 0 Å². The molecule has 0 saturated heterocycles. The summed E-state index contributed by atoms with van der Waals surface area (Å²) < 4.78 is 10.3. The van der Waals surface area contributed by atoms with Crippen molar-refractivity contribution in [1.82, 2.24) is 10.6 Å². The second-order valence-corrected chi connectivity index (χ2v) is 4.36. The second kappa shape index (κ2) is 13.9. The van der Waals surface area contributed by atoms with Gasteiger partial charge in [-0.3, -0.25) is 4.99 Å². The standard InChI is InChI=1S/C15H25N3O2.HI/c1-3-9-16-15(17-10-4-5-12-19-2)18-11-8-14-7-6-13-20-14;/h3,6-7,13H,1,4-5,8-12H2,2H3,(H2,16,17,18);1H. The van der Waals surface area contributed by atoms with Crippen molar-refractivity contribution in [3.05, 3.63) is 36.8 Å². The molecular weight excluding hydrogens is 381 g/mol. The lowest BCUT2D eigenvalue weighted by molar-refractivity contribution is 0.193. The Hall–Kier alpha value is -1.02. The second-order valence-electron chi connectivity index (χ2n) is 4.36. The van der Waals surface area contributed by atoms with Gasteiger partial charge in [0.2, 0.25) is 0 Å². The molecule has 1 aromatic rings. The molecule has 2 N–H and O–H groups in total. The zero-order valence-electron chi connectivity index (χ0n) is 12.6. The van der Waals surface area contributed by atoms with Gasteiger partial charge >= 0.3 is 0 Å². The number of hydrogen-bond donors (Lipinski definition) is 2. The molecule has 0 amide bonds. The largest absolute Gasteiger partial charge is 0.469 e. The molecule has 21 heavy (non-hydrogen) atoms. The van der Waals surface area contributed by atoms with Gasteiger partial charge in [0.1, 0.15) is 5.76 Å². The molecule has 0 aliphatic rings. The number of aliphatic imine (C=N–C) groups is 1. The molecule has 0 radical (unpaired) electrons. The number of rotatable bonds is 10. The highest BCUT2D eigenvalue weighted by molar-refractivity contribution is 14.0. The maximum Gasteiger partial charge on any atom is 0.191 e. The van der Waals surface area contributed by atoms with Gasteiger partial charge in [0.05, 0.1) is 6.26 Å². The molecule has 1 aromatic heterocycles. The third-order valence-electron chi connectivity index (χ3n) is 2.68. The SMILES string of the molecule is C=CCNC(=NCCCCOC)NCCc1ccco1.I. The van der Waals surface area contributed by atoms with E-state index in [4.69, 9.17) is 9.15 Å². The molecule has 1 heterocycles. The van der Waals surface area contributed by atoms with Gasteiger partial charge in [0.25, 0.3) is 0 Å². The quantitative estimate of drug-likeness (QED) is 0.206. The number of hydrogen-bond acceptors (Lipinski definition) is 3. The fraction of sp³-hybridized carbons (Fsp3) is 0.533. The number of furan rings is 1. The minimum atomic E-state index is 0. The van der Waals surface area contributed by atoms with Gasteiger partial charge in [-0.1, -0.05) is 6.08 Å². The van der Waals surface area contributed by atoms with E-state index in [-0.39, 0.29) is 24.0 Å². The lowest BCUT2D eigenvalue weighted by Crippen LogP contribution is -2.38. The number of unbranched alkanes of at least 4 members (excludes halogenated alkanes) is 1. The van der Waals surface area contributed by atoms with Crippen LogP contribution in [-0.4, -0.2) is 39.3 Å². The maximum atomic E-state index is 5.29. The van der Waals surface area contributed by atoms with Crippen LogP contribution in [0.2, 0.25) is 0 Å². The van der Waals surface area contributed by atoms with Crippen LogP contribution in [-0.2, 0) is 11.2 Å². The van der Waals surface area contributed by atoms with E-state index < -0.39 is 0 Å². The first-order chi connectivity index (χ1) is 9.86. The smallest absolute Gasteiger partial charge is 0.191 e. The first-order valence-electron chi connectivity index (χ1n) is 7.01. The summed E-state index contributed by atoms with van der Waals surface area (Å²) in [6, 6.07) is 3.87. The van der Waals surface area contributed by atoms with Crippen LogP contribution in [0, 0.1) is 0 Å². The summed E-state index contributed by atoms with van der Waals surface area (Å²) in [4.78, 5) is 4.51. The van der Waals surface area contributed by atoms with Gasteiger partial charge < -0.3 is 19.8 Å². The van der Waals surface area contributed by atoms with E-state index in [2.05, 4.69) is 22.2 Å². The summed E-state index contributed by atoms with van der Waals surface area (Å²) in [5.41, 5.74) is 0. The summed E-state index contributed by atoms with van der Waals surface area (Å²) >= 11 is 0. The minimum absolute atomic E-state index is 0. The Labute approximate surface area is 144 Å². The van der Waals surface area contributed by atoms with E-state index in [1.807, 2.05) is 18.2 Å². The number of guanidine groups is 1. The molecule has 0 fully saturated rings. The molecule has 5 nitrogen and oxygen atoms in total. The average Bonchev–Trinajstić information content (AvgIpc) is 2.97. The average molecular weight is 407 g/mol. The van der Waals surface area contributed by atoms with Crippen LogP contribution in [0.5, 0.6) is 0 Å². The van der Waals surface area contributed by atoms with Crippen molar-refractivity contribution in [2.24, 2.45) is 4.99 Å². The van der Waals surface area contributed by atoms with E-state index in [0.717, 1.165) is 50.7 Å². The van der Waals surface area contributed by atoms with Gasteiger partial charge in [-0.25, -0.2) is 0 Å². The van der Waals surface area contributed by atoms with E-state index in [1.54, 1.807) is 13.4 Å². The Morgan fingerprint density at radius 2 is 2.29 bits per heavy atom. The van der Waals surface area contributed by atoms with Crippen LogP contribution in [0.3, 0.4) is 0 Å². The van der Waals surface area contributed by atoms with Crippen LogP contribution in [0.15, 0.2) is 40.5 Å².